The SMILES string of the molecule is CC(F)(F)c1ccc(-c2oc(-c3ccc(F)cc3)nc2CC(=O)[O-])cc1. The molecule has 1 heterocycles. The zero-order valence-electron chi connectivity index (χ0n) is 13.6. The second-order valence-electron chi connectivity index (χ2n) is 5.82. The van der Waals surface area contributed by atoms with Gasteiger partial charge in [0.2, 0.25) is 5.89 Å². The summed E-state index contributed by atoms with van der Waals surface area (Å²) in [6.45, 7) is 0.782. The number of hydrogen-bond acceptors (Lipinski definition) is 4. The maximum absolute atomic E-state index is 13.3. The molecule has 0 spiro atoms. The molecule has 7 heteroatoms. The van der Waals surface area contributed by atoms with Gasteiger partial charge in [-0.2, -0.15) is 0 Å². The molecule has 0 N–H and O–H groups in total. The van der Waals surface area contributed by atoms with Crippen LogP contribution in [0.25, 0.3) is 22.8 Å². The molecule has 0 unspecified atom stereocenters. The highest BCUT2D eigenvalue weighted by Crippen LogP contribution is 2.33. The molecule has 3 aromatic rings. The summed E-state index contributed by atoms with van der Waals surface area (Å²) < 4.78 is 45.4. The van der Waals surface area contributed by atoms with Gasteiger partial charge >= 0.3 is 0 Å². The summed E-state index contributed by atoms with van der Waals surface area (Å²) >= 11 is 0. The van der Waals surface area contributed by atoms with Crippen LogP contribution < -0.4 is 5.11 Å². The zero-order valence-corrected chi connectivity index (χ0v) is 13.6. The monoisotopic (exact) mass is 360 g/mol. The average molecular weight is 360 g/mol. The van der Waals surface area contributed by atoms with Gasteiger partial charge in [-0.3, -0.25) is 0 Å². The molecule has 0 saturated heterocycles. The Bertz CT molecular complexity index is 926. The van der Waals surface area contributed by atoms with Crippen LogP contribution in [0.5, 0.6) is 0 Å². The molecule has 0 bridgehead atoms. The van der Waals surface area contributed by atoms with Gasteiger partial charge in [-0.25, -0.2) is 18.2 Å². The lowest BCUT2D eigenvalue weighted by molar-refractivity contribution is -0.304. The Balaban J connectivity index is 2.04. The Morgan fingerprint density at radius 1 is 1.08 bits per heavy atom. The first-order valence-electron chi connectivity index (χ1n) is 7.68. The molecule has 134 valence electrons. The Hall–Kier alpha value is -3.09. The summed E-state index contributed by atoms with van der Waals surface area (Å²) in [5.74, 6) is -4.55. The number of halogens is 3. The van der Waals surface area contributed by atoms with E-state index in [0.29, 0.717) is 11.1 Å². The fourth-order valence-electron chi connectivity index (χ4n) is 2.46. The van der Waals surface area contributed by atoms with Crippen LogP contribution >= 0.6 is 0 Å². The van der Waals surface area contributed by atoms with Crippen LogP contribution in [0, 0.1) is 5.82 Å². The number of carbonyl (C=O) groups excluding carboxylic acids is 1. The number of aliphatic carboxylic acids is 1. The van der Waals surface area contributed by atoms with Crippen molar-refractivity contribution >= 4 is 5.97 Å². The molecule has 0 fully saturated rings. The van der Waals surface area contributed by atoms with E-state index in [1.807, 2.05) is 0 Å². The largest absolute Gasteiger partial charge is 0.550 e. The fourth-order valence-corrected chi connectivity index (χ4v) is 2.46. The molecule has 0 amide bonds. The summed E-state index contributed by atoms with van der Waals surface area (Å²) in [5, 5.41) is 11.0. The third kappa shape index (κ3) is 3.77. The van der Waals surface area contributed by atoms with E-state index in [2.05, 4.69) is 4.98 Å². The predicted molar refractivity (Wildman–Crippen MR) is 85.6 cm³/mol. The molecule has 0 aliphatic heterocycles. The quantitative estimate of drug-likeness (QED) is 0.698. The second-order valence-corrected chi connectivity index (χ2v) is 5.82. The van der Waals surface area contributed by atoms with Crippen molar-refractivity contribution in [1.29, 1.82) is 0 Å². The van der Waals surface area contributed by atoms with Gasteiger partial charge in [0.1, 0.15) is 5.82 Å². The van der Waals surface area contributed by atoms with E-state index in [-0.39, 0.29) is 22.9 Å². The van der Waals surface area contributed by atoms with Crippen molar-refractivity contribution in [2.24, 2.45) is 0 Å². The fraction of sp³-hybridized carbons (Fsp3) is 0.158. The Kier molecular flexibility index (Phi) is 4.54. The summed E-state index contributed by atoms with van der Waals surface area (Å²) in [6, 6.07) is 10.6. The van der Waals surface area contributed by atoms with Gasteiger partial charge < -0.3 is 14.3 Å². The Morgan fingerprint density at radius 2 is 1.65 bits per heavy atom. The highest BCUT2D eigenvalue weighted by molar-refractivity contribution is 5.73. The highest BCUT2D eigenvalue weighted by atomic mass is 19.3. The van der Waals surface area contributed by atoms with E-state index in [1.54, 1.807) is 0 Å². The maximum Gasteiger partial charge on any atom is 0.270 e. The average Bonchev–Trinajstić information content (AvgIpc) is 2.98. The van der Waals surface area contributed by atoms with Crippen molar-refractivity contribution in [2.75, 3.05) is 0 Å². The molecule has 0 saturated carbocycles. The minimum Gasteiger partial charge on any atom is -0.550 e. The minimum absolute atomic E-state index is 0.0975. The van der Waals surface area contributed by atoms with Crippen molar-refractivity contribution in [1.82, 2.24) is 4.98 Å². The summed E-state index contributed by atoms with van der Waals surface area (Å²) in [5.41, 5.74) is 0.769. The van der Waals surface area contributed by atoms with Crippen LogP contribution in [0.1, 0.15) is 18.2 Å². The van der Waals surface area contributed by atoms with Crippen LogP contribution in [0.3, 0.4) is 0 Å². The second kappa shape index (κ2) is 6.67. The van der Waals surface area contributed by atoms with E-state index < -0.39 is 24.1 Å². The first-order valence-corrected chi connectivity index (χ1v) is 7.68. The summed E-state index contributed by atoms with van der Waals surface area (Å²) in [6.07, 6.45) is -0.508. The molecular weight excluding hydrogens is 347 g/mol. The number of carboxylic acids is 1. The summed E-state index contributed by atoms with van der Waals surface area (Å²) in [4.78, 5) is 15.1. The molecule has 2 aromatic carbocycles. The van der Waals surface area contributed by atoms with Gasteiger partial charge in [-0.05, 0) is 24.3 Å². The number of rotatable bonds is 5. The number of carboxylic acid groups (broad SMARTS) is 1. The predicted octanol–water partition coefficient (Wildman–Crippen LogP) is 3.55. The zero-order chi connectivity index (χ0) is 18.9. The van der Waals surface area contributed by atoms with E-state index in [9.17, 15) is 23.1 Å². The molecule has 4 nitrogen and oxygen atoms in total. The van der Waals surface area contributed by atoms with Crippen LogP contribution in [0.15, 0.2) is 52.9 Å². The molecule has 3 rings (SSSR count). The third-order valence-corrected chi connectivity index (χ3v) is 3.75. The third-order valence-electron chi connectivity index (χ3n) is 3.75. The number of nitrogens with zero attached hydrogens (tertiary/aromatic N) is 1. The standard InChI is InChI=1S/C19H14F3NO3/c1-19(21,22)13-6-2-11(3-7-13)17-15(10-16(24)25)23-18(26-17)12-4-8-14(20)9-5-12/h2-9H,10H2,1H3,(H,24,25)/p-1. The molecule has 0 radical (unpaired) electrons. The van der Waals surface area contributed by atoms with Gasteiger partial charge in [0.25, 0.3) is 5.92 Å². The van der Waals surface area contributed by atoms with E-state index in [1.165, 1.54) is 48.5 Å². The van der Waals surface area contributed by atoms with Crippen molar-refractivity contribution in [2.45, 2.75) is 19.3 Å². The van der Waals surface area contributed by atoms with Crippen LogP contribution in [-0.2, 0) is 17.1 Å². The molecule has 26 heavy (non-hydrogen) atoms. The number of benzene rings is 2. The van der Waals surface area contributed by atoms with Gasteiger partial charge in [0, 0.05) is 36.0 Å². The maximum atomic E-state index is 13.3. The Labute approximate surface area is 146 Å². The van der Waals surface area contributed by atoms with Gasteiger partial charge in [0.15, 0.2) is 5.76 Å². The van der Waals surface area contributed by atoms with Crippen LogP contribution in [0.2, 0.25) is 0 Å². The molecule has 0 aliphatic rings. The highest BCUT2D eigenvalue weighted by Gasteiger charge is 2.24. The summed E-state index contributed by atoms with van der Waals surface area (Å²) in [7, 11) is 0. The van der Waals surface area contributed by atoms with Crippen LogP contribution in [-0.4, -0.2) is 11.0 Å². The van der Waals surface area contributed by atoms with Crippen molar-refractivity contribution in [3.63, 3.8) is 0 Å². The van der Waals surface area contributed by atoms with Crippen molar-refractivity contribution in [3.8, 4) is 22.8 Å². The smallest absolute Gasteiger partial charge is 0.270 e. The Morgan fingerprint density at radius 3 is 2.19 bits per heavy atom. The van der Waals surface area contributed by atoms with Gasteiger partial charge in [-0.15, -0.1) is 0 Å². The number of hydrogen-bond donors (Lipinski definition) is 0. The van der Waals surface area contributed by atoms with Gasteiger partial charge in [0.05, 0.1) is 5.69 Å². The van der Waals surface area contributed by atoms with Gasteiger partial charge in [-0.1, -0.05) is 24.3 Å². The lowest BCUT2D eigenvalue weighted by Gasteiger charge is -2.10. The molecular formula is C19H13F3NO3-. The molecule has 1 aromatic heterocycles. The number of aromatic nitrogens is 1. The normalized spacial score (nSPS) is 11.5. The lowest BCUT2D eigenvalue weighted by atomic mass is 10.0. The first kappa shape index (κ1) is 17.7. The number of carbonyl (C=O) groups is 1. The van der Waals surface area contributed by atoms with E-state index in [4.69, 9.17) is 4.42 Å². The van der Waals surface area contributed by atoms with E-state index >= 15 is 0 Å². The number of oxazole rings is 1. The molecule has 0 aliphatic carbocycles. The number of alkyl halides is 2. The first-order chi connectivity index (χ1) is 12.2. The minimum atomic E-state index is -2.99. The topological polar surface area (TPSA) is 66.2 Å². The molecule has 0 atom stereocenters. The van der Waals surface area contributed by atoms with Crippen molar-refractivity contribution in [3.05, 3.63) is 65.6 Å². The van der Waals surface area contributed by atoms with E-state index in [0.717, 1.165) is 6.92 Å². The van der Waals surface area contributed by atoms with Crippen LogP contribution in [0.4, 0.5) is 13.2 Å². The van der Waals surface area contributed by atoms with Crippen molar-refractivity contribution < 1.29 is 27.5 Å². The lowest BCUT2D eigenvalue weighted by Crippen LogP contribution is -2.24.